The van der Waals surface area contributed by atoms with E-state index < -0.39 is 0 Å². The van der Waals surface area contributed by atoms with Gasteiger partial charge in [-0.1, -0.05) is 47.0 Å². The van der Waals surface area contributed by atoms with Gasteiger partial charge >= 0.3 is 0 Å². The lowest BCUT2D eigenvalue weighted by Crippen LogP contribution is -2.60. The molecule has 2 unspecified atom stereocenters. The Hall–Kier alpha value is -1.06. The van der Waals surface area contributed by atoms with E-state index in [9.17, 15) is 9.59 Å². The maximum Gasteiger partial charge on any atom is 0.245 e. The normalized spacial score (nSPS) is 22.3. The minimum Gasteiger partial charge on any atom is -0.342 e. The molecule has 1 aliphatic rings. The van der Waals surface area contributed by atoms with Crippen molar-refractivity contribution >= 4 is 11.8 Å². The van der Waals surface area contributed by atoms with Crippen molar-refractivity contribution in [3.8, 4) is 0 Å². The summed E-state index contributed by atoms with van der Waals surface area (Å²) in [5.74, 6) is 0.769. The molecular formula is C14H26N2O2. The van der Waals surface area contributed by atoms with Crippen LogP contribution in [0.1, 0.15) is 47.0 Å². The van der Waals surface area contributed by atoms with Gasteiger partial charge in [-0.15, -0.1) is 0 Å². The predicted molar refractivity (Wildman–Crippen MR) is 72.0 cm³/mol. The van der Waals surface area contributed by atoms with E-state index in [1.165, 1.54) is 0 Å². The average Bonchev–Trinajstić information content (AvgIpc) is 2.38. The number of nitrogens with one attached hydrogen (secondary N) is 1. The van der Waals surface area contributed by atoms with E-state index in [-0.39, 0.29) is 30.3 Å². The average molecular weight is 254 g/mol. The van der Waals surface area contributed by atoms with Gasteiger partial charge in [0.05, 0.1) is 6.54 Å². The Morgan fingerprint density at radius 3 is 2.33 bits per heavy atom. The van der Waals surface area contributed by atoms with Crippen LogP contribution in [0.3, 0.4) is 0 Å². The van der Waals surface area contributed by atoms with Crippen molar-refractivity contribution in [2.45, 2.75) is 53.0 Å². The highest BCUT2D eigenvalue weighted by Crippen LogP contribution is 2.17. The quantitative estimate of drug-likeness (QED) is 0.785. The third kappa shape index (κ3) is 3.47. The molecule has 2 atom stereocenters. The summed E-state index contributed by atoms with van der Waals surface area (Å²) in [6.07, 6.45) is 3.00. The molecule has 1 heterocycles. The lowest BCUT2D eigenvalue weighted by Gasteiger charge is -2.36. The van der Waals surface area contributed by atoms with Crippen molar-refractivity contribution in [1.82, 2.24) is 10.2 Å². The molecule has 1 saturated heterocycles. The van der Waals surface area contributed by atoms with Crippen LogP contribution in [0.2, 0.25) is 0 Å². The second-order valence-corrected chi connectivity index (χ2v) is 5.33. The SMILES string of the molecule is CCC(CC)CN1CC(=O)NC(C(C)CC)C1=O. The molecule has 2 amide bonds. The zero-order valence-corrected chi connectivity index (χ0v) is 12.0. The van der Waals surface area contributed by atoms with E-state index in [4.69, 9.17) is 0 Å². The van der Waals surface area contributed by atoms with E-state index in [2.05, 4.69) is 19.2 Å². The van der Waals surface area contributed by atoms with Gasteiger partial charge in [-0.25, -0.2) is 0 Å². The van der Waals surface area contributed by atoms with Crippen LogP contribution >= 0.6 is 0 Å². The first-order chi connectivity index (χ1) is 8.53. The highest BCUT2D eigenvalue weighted by atomic mass is 16.2. The minimum absolute atomic E-state index is 0.0224. The summed E-state index contributed by atoms with van der Waals surface area (Å²) in [6.45, 7) is 9.27. The number of nitrogens with zero attached hydrogens (tertiary/aromatic N) is 1. The molecule has 0 saturated carbocycles. The van der Waals surface area contributed by atoms with Crippen LogP contribution in [0.5, 0.6) is 0 Å². The molecule has 18 heavy (non-hydrogen) atoms. The van der Waals surface area contributed by atoms with Crippen molar-refractivity contribution in [2.75, 3.05) is 13.1 Å². The molecule has 0 aromatic carbocycles. The monoisotopic (exact) mass is 254 g/mol. The summed E-state index contributed by atoms with van der Waals surface area (Å²) in [5.41, 5.74) is 0. The fourth-order valence-electron chi connectivity index (χ4n) is 2.36. The number of carbonyl (C=O) groups excluding carboxylic acids is 2. The first-order valence-electron chi connectivity index (χ1n) is 7.11. The van der Waals surface area contributed by atoms with E-state index in [1.54, 1.807) is 4.90 Å². The highest BCUT2D eigenvalue weighted by Gasteiger charge is 2.35. The van der Waals surface area contributed by atoms with Gasteiger partial charge in [0.25, 0.3) is 0 Å². The predicted octanol–water partition coefficient (Wildman–Crippen LogP) is 1.80. The third-order valence-corrected chi connectivity index (χ3v) is 4.07. The summed E-state index contributed by atoms with van der Waals surface area (Å²) < 4.78 is 0. The van der Waals surface area contributed by atoms with Crippen LogP contribution in [0, 0.1) is 11.8 Å². The second kappa shape index (κ2) is 6.76. The fraction of sp³-hybridized carbons (Fsp3) is 0.857. The number of carbonyl (C=O) groups is 2. The van der Waals surface area contributed by atoms with Crippen LogP contribution in [0.15, 0.2) is 0 Å². The molecule has 0 aliphatic carbocycles. The summed E-state index contributed by atoms with van der Waals surface area (Å²) >= 11 is 0. The zero-order chi connectivity index (χ0) is 13.7. The molecule has 1 N–H and O–H groups in total. The van der Waals surface area contributed by atoms with Gasteiger partial charge in [-0.2, -0.15) is 0 Å². The maximum atomic E-state index is 12.3. The molecule has 104 valence electrons. The smallest absolute Gasteiger partial charge is 0.245 e. The molecule has 0 aromatic rings. The molecule has 0 radical (unpaired) electrons. The molecule has 0 spiro atoms. The summed E-state index contributed by atoms with van der Waals surface area (Å²) in [7, 11) is 0. The van der Waals surface area contributed by atoms with E-state index in [1.807, 2.05) is 13.8 Å². The topological polar surface area (TPSA) is 49.4 Å². The molecule has 1 aliphatic heterocycles. The zero-order valence-electron chi connectivity index (χ0n) is 12.0. The summed E-state index contributed by atoms with van der Waals surface area (Å²) in [6, 6.07) is -0.328. The van der Waals surface area contributed by atoms with E-state index in [0.29, 0.717) is 12.5 Å². The largest absolute Gasteiger partial charge is 0.342 e. The van der Waals surface area contributed by atoms with Gasteiger partial charge in [0, 0.05) is 6.54 Å². The maximum absolute atomic E-state index is 12.3. The second-order valence-electron chi connectivity index (χ2n) is 5.33. The van der Waals surface area contributed by atoms with Gasteiger partial charge in [-0.3, -0.25) is 9.59 Å². The summed E-state index contributed by atoms with van der Waals surface area (Å²) in [5, 5.41) is 2.83. The van der Waals surface area contributed by atoms with Gasteiger partial charge in [0.2, 0.25) is 11.8 Å². The standard InChI is InChI=1S/C14H26N2O2/c1-5-10(4)13-14(18)16(9-12(17)15-13)8-11(6-2)7-3/h10-11,13H,5-9H2,1-4H3,(H,15,17). The molecule has 1 fully saturated rings. The van der Waals surface area contributed by atoms with Crippen molar-refractivity contribution in [3.63, 3.8) is 0 Å². The number of rotatable bonds is 6. The number of hydrogen-bond donors (Lipinski definition) is 1. The highest BCUT2D eigenvalue weighted by molar-refractivity contribution is 5.95. The molecular weight excluding hydrogens is 228 g/mol. The lowest BCUT2D eigenvalue weighted by atomic mass is 9.95. The molecule has 0 aromatic heterocycles. The Kier molecular flexibility index (Phi) is 5.63. The van der Waals surface area contributed by atoms with E-state index in [0.717, 1.165) is 19.3 Å². The van der Waals surface area contributed by atoms with Crippen molar-refractivity contribution in [2.24, 2.45) is 11.8 Å². The van der Waals surface area contributed by atoms with Crippen molar-refractivity contribution in [1.29, 1.82) is 0 Å². The first kappa shape index (κ1) is 15.0. The number of hydrogen-bond acceptors (Lipinski definition) is 2. The van der Waals surface area contributed by atoms with Gasteiger partial charge in [0.15, 0.2) is 0 Å². The fourth-order valence-corrected chi connectivity index (χ4v) is 2.36. The molecule has 1 rings (SSSR count). The van der Waals surface area contributed by atoms with E-state index >= 15 is 0 Å². The van der Waals surface area contributed by atoms with Gasteiger partial charge < -0.3 is 10.2 Å². The number of amides is 2. The Balaban J connectivity index is 2.73. The van der Waals surface area contributed by atoms with Gasteiger partial charge in [-0.05, 0) is 11.8 Å². The first-order valence-corrected chi connectivity index (χ1v) is 7.11. The van der Waals surface area contributed by atoms with Crippen LogP contribution in [0.4, 0.5) is 0 Å². The van der Waals surface area contributed by atoms with Gasteiger partial charge in [0.1, 0.15) is 6.04 Å². The minimum atomic E-state index is -0.328. The summed E-state index contributed by atoms with van der Waals surface area (Å²) in [4.78, 5) is 25.8. The number of piperazine rings is 1. The molecule has 4 heteroatoms. The van der Waals surface area contributed by atoms with Crippen LogP contribution in [-0.4, -0.2) is 35.8 Å². The lowest BCUT2D eigenvalue weighted by molar-refractivity contribution is -0.146. The molecule has 4 nitrogen and oxygen atoms in total. The van der Waals surface area contributed by atoms with Crippen molar-refractivity contribution in [3.05, 3.63) is 0 Å². The Labute approximate surface area is 110 Å². The van der Waals surface area contributed by atoms with Crippen LogP contribution in [-0.2, 0) is 9.59 Å². The van der Waals surface area contributed by atoms with Crippen LogP contribution in [0.25, 0.3) is 0 Å². The third-order valence-electron chi connectivity index (χ3n) is 4.07. The Morgan fingerprint density at radius 2 is 1.83 bits per heavy atom. The Bertz CT molecular complexity index is 300. The molecule has 0 bridgehead atoms. The van der Waals surface area contributed by atoms with Crippen LogP contribution < -0.4 is 5.32 Å². The Morgan fingerprint density at radius 1 is 1.22 bits per heavy atom. The van der Waals surface area contributed by atoms with Crippen molar-refractivity contribution < 1.29 is 9.59 Å².